The van der Waals surface area contributed by atoms with E-state index in [0.29, 0.717) is 55.2 Å². The molecule has 212 valence electrons. The van der Waals surface area contributed by atoms with Crippen LogP contribution in [0.15, 0.2) is 97.1 Å². The summed E-state index contributed by atoms with van der Waals surface area (Å²) in [7, 11) is 0. The molecule has 0 unspecified atom stereocenters. The lowest BCUT2D eigenvalue weighted by atomic mass is 10.0. The number of aromatic nitrogens is 2. The lowest BCUT2D eigenvalue weighted by molar-refractivity contribution is -0.137. The van der Waals surface area contributed by atoms with E-state index in [1.54, 1.807) is 6.07 Å². The van der Waals surface area contributed by atoms with Crippen molar-refractivity contribution in [2.45, 2.75) is 19.5 Å². The lowest BCUT2D eigenvalue weighted by Crippen LogP contribution is -2.49. The molecular formula is C34H29F3N4O. The predicted octanol–water partition coefficient (Wildman–Crippen LogP) is 7.18. The number of nitrogens with zero attached hydrogens (tertiary/aromatic N) is 4. The van der Waals surface area contributed by atoms with Crippen LogP contribution in [0.25, 0.3) is 22.2 Å². The molecule has 0 atom stereocenters. The number of benzene rings is 4. The average Bonchev–Trinajstić information content (AvgIpc) is 3.01. The smallest absolute Gasteiger partial charge is 0.353 e. The first kappa shape index (κ1) is 27.4. The van der Waals surface area contributed by atoms with E-state index in [0.717, 1.165) is 34.0 Å². The summed E-state index contributed by atoms with van der Waals surface area (Å²) in [6, 6.07) is 28.7. The average molecular weight is 567 g/mol. The zero-order valence-corrected chi connectivity index (χ0v) is 23.1. The van der Waals surface area contributed by atoms with Gasteiger partial charge < -0.3 is 9.80 Å². The number of anilines is 1. The molecule has 5 nitrogen and oxygen atoms in total. The van der Waals surface area contributed by atoms with Gasteiger partial charge in [-0.3, -0.25) is 4.79 Å². The van der Waals surface area contributed by atoms with Crippen LogP contribution in [0.5, 0.6) is 0 Å². The minimum absolute atomic E-state index is 0.0144. The minimum atomic E-state index is -4.46. The van der Waals surface area contributed by atoms with Crippen molar-refractivity contribution in [3.05, 3.63) is 125 Å². The van der Waals surface area contributed by atoms with Gasteiger partial charge in [0.25, 0.3) is 5.91 Å². The van der Waals surface area contributed by atoms with E-state index < -0.39 is 11.7 Å². The molecule has 1 aliphatic heterocycles. The number of hydrogen-bond donors (Lipinski definition) is 0. The highest BCUT2D eigenvalue weighted by Gasteiger charge is 2.31. The summed E-state index contributed by atoms with van der Waals surface area (Å²) in [5.41, 5.74) is 2.97. The summed E-state index contributed by atoms with van der Waals surface area (Å²) in [6.45, 7) is 3.94. The molecule has 1 amide bonds. The van der Waals surface area contributed by atoms with Gasteiger partial charge in [0.1, 0.15) is 5.82 Å². The summed E-state index contributed by atoms with van der Waals surface area (Å²) in [6.07, 6.45) is -3.88. The summed E-state index contributed by atoms with van der Waals surface area (Å²) >= 11 is 0. The fourth-order valence-electron chi connectivity index (χ4n) is 5.52. The first-order valence-electron chi connectivity index (χ1n) is 13.9. The topological polar surface area (TPSA) is 49.3 Å². The second kappa shape index (κ2) is 11.3. The molecule has 1 aliphatic rings. The number of alkyl halides is 3. The SMILES string of the molecule is Cc1nc(-c2cccc(C(F)(F)F)c2)nc(N2CCN(C(=O)c3cccc4ccccc34)CC2)c1Cc1ccccc1. The Hall–Kier alpha value is -4.72. The zero-order chi connectivity index (χ0) is 29.3. The minimum Gasteiger partial charge on any atom is -0.353 e. The van der Waals surface area contributed by atoms with E-state index >= 15 is 0 Å². The van der Waals surface area contributed by atoms with Gasteiger partial charge in [0.2, 0.25) is 0 Å². The fraction of sp³-hybridized carbons (Fsp3) is 0.206. The highest BCUT2D eigenvalue weighted by atomic mass is 19.4. The van der Waals surface area contributed by atoms with Crippen LogP contribution in [-0.4, -0.2) is 47.0 Å². The van der Waals surface area contributed by atoms with Crippen LogP contribution in [0.1, 0.15) is 32.7 Å². The molecular weight excluding hydrogens is 537 g/mol. The molecule has 6 rings (SSSR count). The molecule has 0 spiro atoms. The summed E-state index contributed by atoms with van der Waals surface area (Å²) in [5, 5.41) is 1.95. The van der Waals surface area contributed by atoms with Crippen LogP contribution in [0.3, 0.4) is 0 Å². The van der Waals surface area contributed by atoms with Crippen molar-refractivity contribution >= 4 is 22.5 Å². The van der Waals surface area contributed by atoms with Crippen LogP contribution in [0.2, 0.25) is 0 Å². The molecule has 8 heteroatoms. The van der Waals surface area contributed by atoms with Gasteiger partial charge in [-0.25, -0.2) is 9.97 Å². The van der Waals surface area contributed by atoms with Gasteiger partial charge in [-0.05, 0) is 41.5 Å². The molecule has 0 radical (unpaired) electrons. The van der Waals surface area contributed by atoms with Crippen molar-refractivity contribution in [3.63, 3.8) is 0 Å². The maximum atomic E-state index is 13.6. The van der Waals surface area contributed by atoms with Gasteiger partial charge in [0, 0.05) is 55.0 Å². The number of halogens is 3. The third-order valence-electron chi connectivity index (χ3n) is 7.75. The monoisotopic (exact) mass is 566 g/mol. The van der Waals surface area contributed by atoms with Crippen LogP contribution in [-0.2, 0) is 12.6 Å². The number of amides is 1. The molecule has 2 heterocycles. The summed E-state index contributed by atoms with van der Waals surface area (Å²) in [5.74, 6) is 0.926. The number of rotatable bonds is 5. The van der Waals surface area contributed by atoms with E-state index in [1.165, 1.54) is 6.07 Å². The number of carbonyl (C=O) groups is 1. The Labute approximate surface area is 242 Å². The molecule has 4 aromatic carbocycles. The van der Waals surface area contributed by atoms with Crippen LogP contribution < -0.4 is 4.90 Å². The number of hydrogen-bond acceptors (Lipinski definition) is 4. The molecule has 0 N–H and O–H groups in total. The van der Waals surface area contributed by atoms with E-state index in [9.17, 15) is 18.0 Å². The quantitative estimate of drug-likeness (QED) is 0.226. The Balaban J connectivity index is 1.32. The van der Waals surface area contributed by atoms with Gasteiger partial charge in [0.05, 0.1) is 5.56 Å². The Morgan fingerprint density at radius 2 is 1.50 bits per heavy atom. The van der Waals surface area contributed by atoms with Gasteiger partial charge >= 0.3 is 6.18 Å². The van der Waals surface area contributed by atoms with E-state index in [2.05, 4.69) is 9.88 Å². The van der Waals surface area contributed by atoms with Gasteiger partial charge in [-0.1, -0.05) is 78.9 Å². The van der Waals surface area contributed by atoms with Crippen molar-refractivity contribution in [2.24, 2.45) is 0 Å². The Morgan fingerprint density at radius 3 is 2.26 bits per heavy atom. The second-order valence-corrected chi connectivity index (χ2v) is 10.5. The van der Waals surface area contributed by atoms with Crippen molar-refractivity contribution in [1.29, 1.82) is 0 Å². The van der Waals surface area contributed by atoms with E-state index in [4.69, 9.17) is 4.98 Å². The first-order chi connectivity index (χ1) is 20.3. The van der Waals surface area contributed by atoms with Crippen molar-refractivity contribution in [2.75, 3.05) is 31.1 Å². The Bertz CT molecular complexity index is 1740. The van der Waals surface area contributed by atoms with Gasteiger partial charge in [0.15, 0.2) is 5.82 Å². The van der Waals surface area contributed by atoms with E-state index in [-0.39, 0.29) is 11.7 Å². The molecule has 1 aromatic heterocycles. The molecule has 1 saturated heterocycles. The Morgan fingerprint density at radius 1 is 0.810 bits per heavy atom. The fourth-order valence-corrected chi connectivity index (χ4v) is 5.52. The zero-order valence-electron chi connectivity index (χ0n) is 23.1. The third-order valence-corrected chi connectivity index (χ3v) is 7.75. The third kappa shape index (κ3) is 5.57. The molecule has 0 saturated carbocycles. The van der Waals surface area contributed by atoms with Crippen molar-refractivity contribution in [1.82, 2.24) is 14.9 Å². The second-order valence-electron chi connectivity index (χ2n) is 10.5. The highest BCUT2D eigenvalue weighted by Crippen LogP contribution is 2.33. The lowest BCUT2D eigenvalue weighted by Gasteiger charge is -2.36. The van der Waals surface area contributed by atoms with Crippen LogP contribution in [0, 0.1) is 6.92 Å². The van der Waals surface area contributed by atoms with Crippen LogP contribution >= 0.6 is 0 Å². The Kier molecular flexibility index (Phi) is 7.37. The summed E-state index contributed by atoms with van der Waals surface area (Å²) in [4.78, 5) is 27.1. The molecule has 42 heavy (non-hydrogen) atoms. The number of carbonyl (C=O) groups excluding carboxylic acids is 1. The van der Waals surface area contributed by atoms with E-state index in [1.807, 2.05) is 84.6 Å². The summed E-state index contributed by atoms with van der Waals surface area (Å²) < 4.78 is 40.4. The number of piperazine rings is 1. The molecule has 0 bridgehead atoms. The van der Waals surface area contributed by atoms with Gasteiger partial charge in [-0.15, -0.1) is 0 Å². The maximum absolute atomic E-state index is 13.6. The number of aryl methyl sites for hydroxylation is 1. The predicted molar refractivity (Wildman–Crippen MR) is 159 cm³/mol. The van der Waals surface area contributed by atoms with Crippen LogP contribution in [0.4, 0.5) is 19.0 Å². The molecule has 1 fully saturated rings. The van der Waals surface area contributed by atoms with Gasteiger partial charge in [-0.2, -0.15) is 13.2 Å². The molecule has 5 aromatic rings. The number of fused-ring (bicyclic) bond motifs is 1. The molecule has 0 aliphatic carbocycles. The highest BCUT2D eigenvalue weighted by molar-refractivity contribution is 6.07. The van der Waals surface area contributed by atoms with Crippen molar-refractivity contribution < 1.29 is 18.0 Å². The standard InChI is InChI=1S/C34H29F3N4O/c1-23-30(21-24-9-3-2-4-10-24)32(39-31(38-23)26-13-7-14-27(22-26)34(35,36)37)40-17-19-41(20-18-40)33(42)29-16-8-12-25-11-5-6-15-28(25)29/h2-16,22H,17-21H2,1H3. The first-order valence-corrected chi connectivity index (χ1v) is 13.9. The largest absolute Gasteiger partial charge is 0.416 e. The maximum Gasteiger partial charge on any atom is 0.416 e. The normalized spacial score (nSPS) is 13.9. The van der Waals surface area contributed by atoms with Crippen molar-refractivity contribution in [3.8, 4) is 11.4 Å².